The number of ether oxygens (including phenoxy) is 1. The molecule has 3 N–H and O–H groups in total. The molecule has 0 spiro atoms. The first-order valence-corrected chi connectivity index (χ1v) is 9.35. The molecule has 11 heteroatoms. The zero-order valence-electron chi connectivity index (χ0n) is 15.5. The highest BCUT2D eigenvalue weighted by Crippen LogP contribution is 2.24. The van der Waals surface area contributed by atoms with E-state index in [-0.39, 0.29) is 0 Å². The first-order chi connectivity index (χ1) is 13.6. The highest BCUT2D eigenvalue weighted by Gasteiger charge is 2.38. The van der Waals surface area contributed by atoms with E-state index in [9.17, 15) is 18.0 Å². The highest BCUT2D eigenvalue weighted by molar-refractivity contribution is 7.13. The Morgan fingerprint density at radius 3 is 2.55 bits per heavy atom. The fraction of sp³-hybridized carbons (Fsp3) is 0.389. The molecular formula is C18H20F3N3O4S. The van der Waals surface area contributed by atoms with Crippen LogP contribution in [0, 0.1) is 0 Å². The molecule has 2 heterocycles. The summed E-state index contributed by atoms with van der Waals surface area (Å²) in [5.74, 6) is -2.29. The van der Waals surface area contributed by atoms with Gasteiger partial charge in [0.15, 0.2) is 5.01 Å². The van der Waals surface area contributed by atoms with Gasteiger partial charge in [-0.05, 0) is 24.1 Å². The predicted octanol–water partition coefficient (Wildman–Crippen LogP) is 2.48. The third-order valence-corrected chi connectivity index (χ3v) is 5.26. The number of benzene rings is 1. The Bertz CT molecular complexity index is 845. The fourth-order valence-electron chi connectivity index (χ4n) is 2.70. The van der Waals surface area contributed by atoms with Crippen LogP contribution in [0.25, 0.3) is 0 Å². The van der Waals surface area contributed by atoms with Crippen LogP contribution in [0.4, 0.5) is 13.2 Å². The van der Waals surface area contributed by atoms with Crippen molar-refractivity contribution in [2.45, 2.75) is 25.6 Å². The van der Waals surface area contributed by atoms with Crippen LogP contribution >= 0.6 is 11.3 Å². The van der Waals surface area contributed by atoms with Gasteiger partial charge < -0.3 is 15.6 Å². The lowest BCUT2D eigenvalue weighted by molar-refractivity contribution is -0.192. The molecule has 0 radical (unpaired) electrons. The van der Waals surface area contributed by atoms with Gasteiger partial charge >= 0.3 is 12.1 Å². The number of carboxylic acids is 1. The number of aromatic nitrogens is 1. The van der Waals surface area contributed by atoms with Gasteiger partial charge in [0.2, 0.25) is 0 Å². The Morgan fingerprint density at radius 2 is 1.97 bits per heavy atom. The first kappa shape index (κ1) is 22.6. The number of aliphatic carboxylic acids is 1. The first-order valence-electron chi connectivity index (χ1n) is 8.54. The zero-order valence-corrected chi connectivity index (χ0v) is 16.3. The van der Waals surface area contributed by atoms with E-state index in [1.54, 1.807) is 7.11 Å². The molecule has 1 aliphatic rings. The Hall–Kier alpha value is -2.66. The minimum absolute atomic E-state index is 0.425. The normalized spacial score (nSPS) is 14.2. The summed E-state index contributed by atoms with van der Waals surface area (Å²) in [6.45, 7) is 2.80. The van der Waals surface area contributed by atoms with Crippen LogP contribution in [0.15, 0.2) is 24.3 Å². The standard InChI is InChI=1S/C16H19N3O2S.C2HF3O2/c1-21-12-4-2-3-11(9-12)10-19-7-5-13-14(6-8-19)22-16(18-13)15(17)20;3-2(4,5)1(6)7/h2-4,9H,5-8,10H2,1H3,(H2,17,20);(H,6,7). The van der Waals surface area contributed by atoms with Crippen molar-refractivity contribution in [3.63, 3.8) is 0 Å². The van der Waals surface area contributed by atoms with E-state index in [0.29, 0.717) is 5.01 Å². The second-order valence-electron chi connectivity index (χ2n) is 6.18. The van der Waals surface area contributed by atoms with Gasteiger partial charge in [0, 0.05) is 30.9 Å². The van der Waals surface area contributed by atoms with Gasteiger partial charge in [-0.3, -0.25) is 9.69 Å². The number of carboxylic acid groups (broad SMARTS) is 1. The number of carbonyl (C=O) groups excluding carboxylic acids is 1. The molecule has 158 valence electrons. The molecular weight excluding hydrogens is 411 g/mol. The number of hydrogen-bond donors (Lipinski definition) is 2. The van der Waals surface area contributed by atoms with Crippen molar-refractivity contribution in [3.05, 3.63) is 45.4 Å². The molecule has 0 bridgehead atoms. The fourth-order valence-corrected chi connectivity index (χ4v) is 3.65. The number of alkyl halides is 3. The maximum atomic E-state index is 11.2. The largest absolute Gasteiger partial charge is 0.497 e. The van der Waals surface area contributed by atoms with E-state index in [2.05, 4.69) is 22.0 Å². The molecule has 0 fully saturated rings. The molecule has 0 atom stereocenters. The topological polar surface area (TPSA) is 106 Å². The maximum absolute atomic E-state index is 11.2. The highest BCUT2D eigenvalue weighted by atomic mass is 32.1. The molecule has 29 heavy (non-hydrogen) atoms. The lowest BCUT2D eigenvalue weighted by Gasteiger charge is -2.20. The van der Waals surface area contributed by atoms with Crippen molar-refractivity contribution in [1.82, 2.24) is 9.88 Å². The van der Waals surface area contributed by atoms with E-state index in [1.165, 1.54) is 21.8 Å². The number of halogens is 3. The van der Waals surface area contributed by atoms with Crippen molar-refractivity contribution in [2.75, 3.05) is 20.2 Å². The Kier molecular flexibility index (Phi) is 7.57. The molecule has 0 saturated heterocycles. The SMILES string of the molecule is COc1cccc(CN2CCc3nc(C(N)=O)sc3CC2)c1.O=C(O)C(F)(F)F. The number of fused-ring (bicyclic) bond motifs is 1. The van der Waals surface area contributed by atoms with Gasteiger partial charge in [0.1, 0.15) is 5.75 Å². The number of methoxy groups -OCH3 is 1. The average molecular weight is 431 g/mol. The van der Waals surface area contributed by atoms with Crippen LogP contribution in [0.5, 0.6) is 5.75 Å². The minimum Gasteiger partial charge on any atom is -0.497 e. The molecule has 7 nitrogen and oxygen atoms in total. The van der Waals surface area contributed by atoms with Crippen LogP contribution < -0.4 is 10.5 Å². The summed E-state index contributed by atoms with van der Waals surface area (Å²) in [4.78, 5) is 28.1. The number of rotatable bonds is 4. The molecule has 0 saturated carbocycles. The van der Waals surface area contributed by atoms with Crippen LogP contribution in [0.2, 0.25) is 0 Å². The summed E-state index contributed by atoms with van der Waals surface area (Å²) < 4.78 is 37.0. The minimum atomic E-state index is -5.08. The third-order valence-electron chi connectivity index (χ3n) is 4.09. The molecule has 1 amide bonds. The number of hydrogen-bond acceptors (Lipinski definition) is 6. The molecule has 2 aromatic rings. The number of thiazole rings is 1. The lowest BCUT2D eigenvalue weighted by atomic mass is 10.2. The third kappa shape index (κ3) is 6.71. The van der Waals surface area contributed by atoms with Gasteiger partial charge in [-0.2, -0.15) is 13.2 Å². The van der Waals surface area contributed by atoms with Crippen molar-refractivity contribution in [1.29, 1.82) is 0 Å². The van der Waals surface area contributed by atoms with E-state index >= 15 is 0 Å². The average Bonchev–Trinajstić information content (AvgIpc) is 2.98. The van der Waals surface area contributed by atoms with Crippen LogP contribution in [-0.4, -0.2) is 53.2 Å². The second kappa shape index (κ2) is 9.70. The Balaban J connectivity index is 0.000000370. The van der Waals surface area contributed by atoms with Gasteiger partial charge in [0.05, 0.1) is 12.8 Å². The quantitative estimate of drug-likeness (QED) is 0.771. The molecule has 0 unspecified atom stereocenters. The summed E-state index contributed by atoms with van der Waals surface area (Å²) >= 11 is 1.44. The number of amides is 1. The monoisotopic (exact) mass is 431 g/mol. The summed E-state index contributed by atoms with van der Waals surface area (Å²) in [7, 11) is 1.69. The second-order valence-corrected chi connectivity index (χ2v) is 7.27. The van der Waals surface area contributed by atoms with Crippen molar-refractivity contribution < 1.29 is 32.6 Å². The van der Waals surface area contributed by atoms with Crippen LogP contribution in [0.3, 0.4) is 0 Å². The van der Waals surface area contributed by atoms with E-state index < -0.39 is 18.1 Å². The molecule has 3 rings (SSSR count). The Morgan fingerprint density at radius 1 is 1.31 bits per heavy atom. The van der Waals surface area contributed by atoms with Gasteiger partial charge in [0.25, 0.3) is 5.91 Å². The summed E-state index contributed by atoms with van der Waals surface area (Å²) in [5, 5.41) is 7.56. The summed E-state index contributed by atoms with van der Waals surface area (Å²) in [6.07, 6.45) is -3.30. The number of nitrogens with two attached hydrogens (primary N) is 1. The number of nitrogens with zero attached hydrogens (tertiary/aromatic N) is 2. The predicted molar refractivity (Wildman–Crippen MR) is 100 cm³/mol. The van der Waals surface area contributed by atoms with Crippen molar-refractivity contribution in [3.8, 4) is 5.75 Å². The maximum Gasteiger partial charge on any atom is 0.490 e. The van der Waals surface area contributed by atoms with E-state index in [4.69, 9.17) is 20.4 Å². The van der Waals surface area contributed by atoms with Crippen LogP contribution in [0.1, 0.15) is 25.9 Å². The molecule has 1 aromatic heterocycles. The van der Waals surface area contributed by atoms with Crippen molar-refractivity contribution in [2.24, 2.45) is 5.73 Å². The lowest BCUT2D eigenvalue weighted by Crippen LogP contribution is -2.26. The summed E-state index contributed by atoms with van der Waals surface area (Å²) in [5.41, 5.74) is 7.59. The molecule has 1 aromatic carbocycles. The van der Waals surface area contributed by atoms with Crippen LogP contribution in [-0.2, 0) is 24.2 Å². The van der Waals surface area contributed by atoms with E-state index in [0.717, 1.165) is 43.9 Å². The Labute approximate surface area is 168 Å². The number of primary amides is 1. The smallest absolute Gasteiger partial charge is 0.490 e. The molecule has 0 aliphatic carbocycles. The van der Waals surface area contributed by atoms with Gasteiger partial charge in [-0.15, -0.1) is 11.3 Å². The van der Waals surface area contributed by atoms with Gasteiger partial charge in [-0.25, -0.2) is 9.78 Å². The number of carbonyl (C=O) groups is 2. The van der Waals surface area contributed by atoms with Crippen molar-refractivity contribution >= 4 is 23.2 Å². The molecule has 1 aliphatic heterocycles. The van der Waals surface area contributed by atoms with Gasteiger partial charge in [-0.1, -0.05) is 12.1 Å². The zero-order chi connectivity index (χ0) is 21.6. The van der Waals surface area contributed by atoms with E-state index in [1.807, 2.05) is 12.1 Å². The summed E-state index contributed by atoms with van der Waals surface area (Å²) in [6, 6.07) is 8.17.